The van der Waals surface area contributed by atoms with Crippen LogP contribution in [0.5, 0.6) is 0 Å². The molecule has 3 N–H and O–H groups in total. The van der Waals surface area contributed by atoms with Gasteiger partial charge < -0.3 is 5.73 Å². The van der Waals surface area contributed by atoms with Crippen LogP contribution in [0.3, 0.4) is 0 Å². The number of nitrogens with one attached hydrogen (secondary N) is 1. The van der Waals surface area contributed by atoms with E-state index in [1.165, 1.54) is 11.3 Å². The van der Waals surface area contributed by atoms with Crippen molar-refractivity contribution in [1.29, 1.82) is 0 Å². The third-order valence-corrected chi connectivity index (χ3v) is 4.80. The first-order chi connectivity index (χ1) is 9.72. The van der Waals surface area contributed by atoms with Crippen molar-refractivity contribution in [1.82, 2.24) is 15.0 Å². The van der Waals surface area contributed by atoms with Crippen LogP contribution in [-0.2, 0) is 0 Å². The first-order valence-electron chi connectivity index (χ1n) is 5.84. The quantitative estimate of drug-likeness (QED) is 0.566. The summed E-state index contributed by atoms with van der Waals surface area (Å²) >= 11 is 2.97. The molecule has 0 fully saturated rings. The average molecular weight is 300 g/mol. The maximum Gasteiger partial charge on any atom is 0.270 e. The number of thiophene rings is 2. The van der Waals surface area contributed by atoms with Crippen LogP contribution in [0.25, 0.3) is 31.7 Å². The highest BCUT2D eigenvalue weighted by atomic mass is 32.1. The summed E-state index contributed by atoms with van der Waals surface area (Å²) in [6.45, 7) is 0. The van der Waals surface area contributed by atoms with Crippen LogP contribution in [0.15, 0.2) is 33.8 Å². The number of rotatable bonds is 1. The minimum Gasteiger partial charge on any atom is -0.369 e. The van der Waals surface area contributed by atoms with Gasteiger partial charge >= 0.3 is 0 Å². The van der Waals surface area contributed by atoms with Crippen LogP contribution in [-0.4, -0.2) is 15.0 Å². The molecule has 0 aliphatic heterocycles. The summed E-state index contributed by atoms with van der Waals surface area (Å²) in [5, 5.41) is 4.92. The fraction of sp³-hybridized carbons (Fsp3) is 0. The highest BCUT2D eigenvalue weighted by molar-refractivity contribution is 7.25. The molecule has 0 saturated heterocycles. The van der Waals surface area contributed by atoms with E-state index < -0.39 is 0 Å². The van der Waals surface area contributed by atoms with Crippen LogP contribution >= 0.6 is 22.7 Å². The summed E-state index contributed by atoms with van der Waals surface area (Å²) in [5.74, 6) is 0.129. The minimum absolute atomic E-state index is 0.129. The molecule has 98 valence electrons. The standard InChI is InChI=1S/C13H8N4OS2/c14-13-16-9-7-1-2-8(6-3-4-19-5-6)15-12(7)20-10(9)11(18)17-13/h1-5H,(H3,14,16,17,18). The van der Waals surface area contributed by atoms with Gasteiger partial charge in [0.1, 0.15) is 15.0 Å². The topological polar surface area (TPSA) is 84.7 Å². The second-order valence-electron chi connectivity index (χ2n) is 4.29. The van der Waals surface area contributed by atoms with Crippen molar-refractivity contribution in [3.8, 4) is 11.3 Å². The number of aromatic amines is 1. The van der Waals surface area contributed by atoms with E-state index in [-0.39, 0.29) is 11.5 Å². The lowest BCUT2D eigenvalue weighted by Crippen LogP contribution is -2.09. The molecule has 0 radical (unpaired) electrons. The first kappa shape index (κ1) is 11.6. The summed E-state index contributed by atoms with van der Waals surface area (Å²) < 4.78 is 0.559. The molecule has 0 spiro atoms. The Hall–Kier alpha value is -2.25. The Morgan fingerprint density at radius 3 is 2.90 bits per heavy atom. The molecule has 4 aromatic heterocycles. The largest absolute Gasteiger partial charge is 0.369 e. The van der Waals surface area contributed by atoms with Gasteiger partial charge in [0.15, 0.2) is 0 Å². The Labute approximate surface area is 120 Å². The van der Waals surface area contributed by atoms with Gasteiger partial charge in [-0.25, -0.2) is 9.97 Å². The lowest BCUT2D eigenvalue weighted by molar-refractivity contribution is 1.20. The molecule has 0 aliphatic rings. The van der Waals surface area contributed by atoms with Crippen molar-refractivity contribution in [3.63, 3.8) is 0 Å². The Morgan fingerprint density at radius 2 is 2.10 bits per heavy atom. The molecule has 5 nitrogen and oxygen atoms in total. The van der Waals surface area contributed by atoms with Gasteiger partial charge in [0, 0.05) is 16.3 Å². The number of nitrogens with zero attached hydrogens (tertiary/aromatic N) is 2. The van der Waals surface area contributed by atoms with Crippen molar-refractivity contribution in [3.05, 3.63) is 39.3 Å². The van der Waals surface area contributed by atoms with Crippen LogP contribution in [0.1, 0.15) is 0 Å². The predicted octanol–water partition coefficient (Wildman–Crippen LogP) is 2.84. The summed E-state index contributed by atoms with van der Waals surface area (Å²) in [6, 6.07) is 5.91. The Bertz CT molecular complexity index is 985. The van der Waals surface area contributed by atoms with Crippen LogP contribution in [0.4, 0.5) is 5.95 Å². The van der Waals surface area contributed by atoms with Gasteiger partial charge in [-0.3, -0.25) is 9.78 Å². The monoisotopic (exact) mass is 300 g/mol. The average Bonchev–Trinajstić information content (AvgIpc) is 3.05. The normalized spacial score (nSPS) is 11.4. The molecule has 4 heterocycles. The SMILES string of the molecule is Nc1nc2c(sc3nc(-c4ccsc4)ccc32)c(=O)[nH]1. The molecule has 0 atom stereocenters. The van der Waals surface area contributed by atoms with Gasteiger partial charge in [-0.15, -0.1) is 11.3 Å². The van der Waals surface area contributed by atoms with Gasteiger partial charge in [-0.2, -0.15) is 11.3 Å². The molecule has 7 heteroatoms. The zero-order valence-corrected chi connectivity index (χ0v) is 11.7. The number of nitrogen functional groups attached to an aromatic ring is 1. The Kier molecular flexibility index (Phi) is 2.38. The zero-order valence-electron chi connectivity index (χ0n) is 10.1. The van der Waals surface area contributed by atoms with Gasteiger partial charge in [-0.1, -0.05) is 0 Å². The molecule has 0 bridgehead atoms. The zero-order chi connectivity index (χ0) is 13.7. The molecule has 0 aliphatic carbocycles. The lowest BCUT2D eigenvalue weighted by atomic mass is 10.2. The number of hydrogen-bond donors (Lipinski definition) is 2. The molecular formula is C13H8N4OS2. The predicted molar refractivity (Wildman–Crippen MR) is 83.3 cm³/mol. The van der Waals surface area contributed by atoms with Gasteiger partial charge in [0.05, 0.1) is 5.69 Å². The van der Waals surface area contributed by atoms with E-state index in [0.29, 0.717) is 10.2 Å². The fourth-order valence-corrected chi connectivity index (χ4v) is 3.78. The number of aromatic nitrogens is 3. The maximum absolute atomic E-state index is 11.9. The van der Waals surface area contributed by atoms with Crippen molar-refractivity contribution >= 4 is 49.1 Å². The van der Waals surface area contributed by atoms with E-state index >= 15 is 0 Å². The van der Waals surface area contributed by atoms with E-state index in [1.54, 1.807) is 11.3 Å². The highest BCUT2D eigenvalue weighted by Gasteiger charge is 2.12. The smallest absolute Gasteiger partial charge is 0.270 e. The molecule has 0 aromatic carbocycles. The van der Waals surface area contributed by atoms with Crippen molar-refractivity contribution < 1.29 is 0 Å². The third-order valence-electron chi connectivity index (χ3n) is 3.03. The van der Waals surface area contributed by atoms with Gasteiger partial charge in [0.2, 0.25) is 5.95 Å². The molecule has 0 amide bonds. The van der Waals surface area contributed by atoms with Crippen LogP contribution in [0, 0.1) is 0 Å². The molecule has 0 saturated carbocycles. The van der Waals surface area contributed by atoms with E-state index in [4.69, 9.17) is 5.73 Å². The first-order valence-corrected chi connectivity index (χ1v) is 7.60. The van der Waals surface area contributed by atoms with Crippen molar-refractivity contribution in [2.75, 3.05) is 5.73 Å². The summed E-state index contributed by atoms with van der Waals surface area (Å²) in [4.78, 5) is 24.0. The van der Waals surface area contributed by atoms with E-state index in [1.807, 2.05) is 29.0 Å². The molecular weight excluding hydrogens is 292 g/mol. The Balaban J connectivity index is 2.07. The summed E-state index contributed by atoms with van der Waals surface area (Å²) in [7, 11) is 0. The fourth-order valence-electron chi connectivity index (χ4n) is 2.12. The van der Waals surface area contributed by atoms with E-state index in [9.17, 15) is 4.79 Å². The second-order valence-corrected chi connectivity index (χ2v) is 6.07. The number of H-pyrrole nitrogens is 1. The molecule has 4 aromatic rings. The second kappa shape index (κ2) is 4.12. The summed E-state index contributed by atoms with van der Waals surface area (Å²) in [6.07, 6.45) is 0. The third kappa shape index (κ3) is 1.64. The van der Waals surface area contributed by atoms with E-state index in [2.05, 4.69) is 15.0 Å². The van der Waals surface area contributed by atoms with E-state index in [0.717, 1.165) is 21.5 Å². The van der Waals surface area contributed by atoms with Gasteiger partial charge in [0.25, 0.3) is 5.56 Å². The van der Waals surface area contributed by atoms with Gasteiger partial charge in [-0.05, 0) is 23.6 Å². The molecule has 20 heavy (non-hydrogen) atoms. The number of anilines is 1. The highest BCUT2D eigenvalue weighted by Crippen LogP contribution is 2.31. The minimum atomic E-state index is -0.215. The van der Waals surface area contributed by atoms with Crippen molar-refractivity contribution in [2.24, 2.45) is 0 Å². The van der Waals surface area contributed by atoms with Crippen LogP contribution < -0.4 is 11.3 Å². The lowest BCUT2D eigenvalue weighted by Gasteiger charge is -1.97. The number of nitrogens with two attached hydrogens (primary N) is 1. The van der Waals surface area contributed by atoms with Crippen LogP contribution in [0.2, 0.25) is 0 Å². The molecule has 4 rings (SSSR count). The number of fused-ring (bicyclic) bond motifs is 3. The summed E-state index contributed by atoms with van der Waals surface area (Å²) in [5.41, 5.74) is 7.98. The Morgan fingerprint density at radius 1 is 1.20 bits per heavy atom. The maximum atomic E-state index is 11.9. The number of hydrogen-bond acceptors (Lipinski definition) is 6. The van der Waals surface area contributed by atoms with Crippen molar-refractivity contribution in [2.45, 2.75) is 0 Å². The number of pyridine rings is 1. The molecule has 0 unspecified atom stereocenters.